The number of rotatable bonds is 37. The number of halogens is 1. The number of pyridine rings is 2. The van der Waals surface area contributed by atoms with Gasteiger partial charge in [0.2, 0.25) is 35.1 Å². The number of amides is 11. The molecule has 11 amide bonds. The molecule has 6 heterocycles. The minimum absolute atomic E-state index is 0.000275. The first-order valence-corrected chi connectivity index (χ1v) is 34.8. The van der Waals surface area contributed by atoms with E-state index in [0.717, 1.165) is 38.5 Å². The van der Waals surface area contributed by atoms with Crippen molar-refractivity contribution < 1.29 is 90.3 Å². The van der Waals surface area contributed by atoms with Crippen LogP contribution in [0.1, 0.15) is 104 Å². The van der Waals surface area contributed by atoms with Crippen molar-refractivity contribution in [1.82, 2.24) is 55.7 Å². The number of urea groups is 1. The van der Waals surface area contributed by atoms with Gasteiger partial charge in [-0.2, -0.15) is 0 Å². The maximum Gasteiger partial charge on any atom is 0.411 e. The van der Waals surface area contributed by atoms with Crippen molar-refractivity contribution in [3.8, 4) is 11.4 Å². The first-order chi connectivity index (χ1) is 49.8. The van der Waals surface area contributed by atoms with E-state index in [2.05, 4.69) is 36.8 Å². The third-order valence-corrected chi connectivity index (χ3v) is 18.8. The number of esters is 1. The zero-order chi connectivity index (χ0) is 74.9. The van der Waals surface area contributed by atoms with Crippen LogP contribution in [0, 0.1) is 24.6 Å². The molecule has 32 nitrogen and oxygen atoms in total. The van der Waals surface area contributed by atoms with E-state index in [0.29, 0.717) is 65.2 Å². The van der Waals surface area contributed by atoms with Crippen molar-refractivity contribution in [2.45, 2.75) is 116 Å². The summed E-state index contributed by atoms with van der Waals surface area (Å²) >= 11 is 0. The molecule has 104 heavy (non-hydrogen) atoms. The van der Waals surface area contributed by atoms with Gasteiger partial charge in [-0.1, -0.05) is 32.9 Å². The highest BCUT2D eigenvalue weighted by atomic mass is 19.1. The molecule has 4 atom stereocenters. The predicted molar refractivity (Wildman–Crippen MR) is 371 cm³/mol. The van der Waals surface area contributed by atoms with Crippen LogP contribution in [0.25, 0.3) is 22.3 Å². The molecule has 33 heteroatoms. The fourth-order valence-corrected chi connectivity index (χ4v) is 12.9. The number of primary amides is 1. The number of carbonyl (C=O) groups is 11. The number of likely N-dealkylation sites (tertiary alicyclic amines) is 1. The zero-order valence-corrected chi connectivity index (χ0v) is 59.6. The van der Waals surface area contributed by atoms with Crippen LogP contribution in [0.3, 0.4) is 0 Å². The number of likely N-dealkylation sites (N-methyl/N-ethyl adjacent to an activating group) is 2. The topological polar surface area (TPSA) is 398 Å². The number of cyclic esters (lactones) is 1. The molecule has 0 spiro atoms. The third-order valence-electron chi connectivity index (χ3n) is 18.8. The largest absolute Gasteiger partial charge is 0.457 e. The molecule has 1 aliphatic carbocycles. The minimum atomic E-state index is -2.08. The molecule has 2 aromatic carbocycles. The van der Waals surface area contributed by atoms with Crippen molar-refractivity contribution >= 4 is 82.1 Å². The molecule has 2 aromatic heterocycles. The lowest BCUT2D eigenvalue weighted by Gasteiger charge is -2.37. The van der Waals surface area contributed by atoms with E-state index in [1.165, 1.54) is 29.6 Å². The Morgan fingerprint density at radius 2 is 1.44 bits per heavy atom. The first-order valence-electron chi connectivity index (χ1n) is 34.8. The second kappa shape index (κ2) is 36.0. The summed E-state index contributed by atoms with van der Waals surface area (Å²) in [4.78, 5) is 167. The van der Waals surface area contributed by atoms with Crippen molar-refractivity contribution in [3.63, 3.8) is 0 Å². The van der Waals surface area contributed by atoms with Crippen LogP contribution in [-0.2, 0) is 103 Å². The Kier molecular flexibility index (Phi) is 27.0. The lowest BCUT2D eigenvalue weighted by molar-refractivity contribution is -0.173. The van der Waals surface area contributed by atoms with Gasteiger partial charge in [-0.3, -0.25) is 43.3 Å². The van der Waals surface area contributed by atoms with E-state index in [1.54, 1.807) is 58.0 Å². The van der Waals surface area contributed by atoms with Gasteiger partial charge in [-0.25, -0.2) is 28.6 Å². The molecule has 0 saturated carbocycles. The van der Waals surface area contributed by atoms with E-state index in [-0.39, 0.29) is 160 Å². The Labute approximate surface area is 599 Å². The number of aromatic nitrogens is 2. The van der Waals surface area contributed by atoms with E-state index >= 15 is 4.39 Å². The highest BCUT2D eigenvalue weighted by Gasteiger charge is 2.51. The van der Waals surface area contributed by atoms with Crippen molar-refractivity contribution in [2.75, 3.05) is 125 Å². The van der Waals surface area contributed by atoms with Gasteiger partial charge < -0.3 is 90.1 Å². The Bertz CT molecular complexity index is 3980. The van der Waals surface area contributed by atoms with Gasteiger partial charge in [-0.15, -0.1) is 0 Å². The Morgan fingerprint density at radius 3 is 2.09 bits per heavy atom. The van der Waals surface area contributed by atoms with Crippen molar-refractivity contribution in [3.05, 3.63) is 104 Å². The summed E-state index contributed by atoms with van der Waals surface area (Å²) in [7, 11) is 4.82. The summed E-state index contributed by atoms with van der Waals surface area (Å²) in [5.41, 5.74) is 7.57. The van der Waals surface area contributed by atoms with Crippen LogP contribution in [0.4, 0.5) is 24.5 Å². The van der Waals surface area contributed by atoms with E-state index in [4.69, 9.17) is 43.9 Å². The summed E-state index contributed by atoms with van der Waals surface area (Å²) in [6, 6.07) is 5.95. The number of imide groups is 1. The quantitative estimate of drug-likeness (QED) is 0.0130. The molecule has 9 rings (SSSR count). The van der Waals surface area contributed by atoms with Crippen LogP contribution in [0.15, 0.2) is 53.3 Å². The normalized spacial score (nSPS) is 17.1. The number of aryl methyl sites for hydroxylation is 1. The molecule has 1 saturated heterocycles. The monoisotopic (exact) mass is 1450 g/mol. The summed E-state index contributed by atoms with van der Waals surface area (Å²) in [6.45, 7) is 9.55. The highest BCUT2D eigenvalue weighted by molar-refractivity contribution is 6.13. The lowest BCUT2D eigenvalue weighted by atomic mass is 9.81. The molecule has 4 aliphatic heterocycles. The molecule has 0 radical (unpaired) electrons. The number of carbonyl (C=O) groups excluding carboxylic acids is 11. The second-order valence-electron chi connectivity index (χ2n) is 26.5. The SMILES string of the molecule is CC[C@]1(OC(=O)N(C)CCN(C)C(=O)OCc2ccc(NC(=O)[C@H](CCCNC(N)=O)NC(=O)[C@@H](NC(=O)CCOCCOCCOCCOCCNC(=O)CCN3C(=O)C=CC3=O)C(C)C)cc2)C(=O)OCc2c1cc1n(c2=O)Cc2c-1nc1cc(F)c(C)c3c1c2[C@H](NC(=O)C1CN(C)C1)CC3. The second-order valence-corrected chi connectivity index (χ2v) is 26.5. The maximum absolute atomic E-state index is 15.6. The smallest absolute Gasteiger partial charge is 0.411 e. The summed E-state index contributed by atoms with van der Waals surface area (Å²) in [5.74, 6) is -4.90. The van der Waals surface area contributed by atoms with Gasteiger partial charge in [0.05, 0.1) is 93.8 Å². The van der Waals surface area contributed by atoms with Gasteiger partial charge in [0.1, 0.15) is 31.1 Å². The summed E-state index contributed by atoms with van der Waals surface area (Å²) in [5, 5.41) is 17.4. The molecule has 1 fully saturated rings. The fraction of sp³-hybridized carbons (Fsp3) is 0.535. The van der Waals surface area contributed by atoms with Crippen LogP contribution in [-0.4, -0.2) is 227 Å². The number of nitrogens with one attached hydrogen (secondary N) is 6. The van der Waals surface area contributed by atoms with E-state index in [1.807, 2.05) is 7.05 Å². The van der Waals surface area contributed by atoms with Crippen LogP contribution < -0.4 is 43.2 Å². The first kappa shape index (κ1) is 78.2. The number of anilines is 1. The molecule has 5 aliphatic rings. The molecule has 0 bridgehead atoms. The van der Waals surface area contributed by atoms with Gasteiger partial charge in [-0.05, 0) is 92.4 Å². The summed E-state index contributed by atoms with van der Waals surface area (Å²) < 4.78 is 56.4. The number of hydrogen-bond acceptors (Lipinski definition) is 21. The number of fused-ring (bicyclic) bond motifs is 5. The van der Waals surface area contributed by atoms with E-state index in [9.17, 15) is 57.5 Å². The zero-order valence-electron chi connectivity index (χ0n) is 59.6. The molecular weight excluding hydrogens is 1360 g/mol. The number of benzene rings is 2. The number of hydrogen-bond donors (Lipinski definition) is 7. The Balaban J connectivity index is 0.701. The molecule has 8 N–H and O–H groups in total. The molecule has 0 unspecified atom stereocenters. The van der Waals surface area contributed by atoms with Crippen molar-refractivity contribution in [1.29, 1.82) is 0 Å². The lowest BCUT2D eigenvalue weighted by Crippen LogP contribution is -2.54. The van der Waals surface area contributed by atoms with Crippen molar-refractivity contribution in [2.24, 2.45) is 17.6 Å². The fourth-order valence-electron chi connectivity index (χ4n) is 12.9. The van der Waals surface area contributed by atoms with Gasteiger partial charge in [0.25, 0.3) is 17.4 Å². The van der Waals surface area contributed by atoms with E-state index < -0.39 is 101 Å². The molecule has 4 aromatic rings. The average molecular weight is 1450 g/mol. The van der Waals surface area contributed by atoms with Crippen LogP contribution in [0.2, 0.25) is 0 Å². The summed E-state index contributed by atoms with van der Waals surface area (Å²) in [6.07, 6.45) is 1.71. The van der Waals surface area contributed by atoms with Gasteiger partial charge in [0.15, 0.2) is 0 Å². The third kappa shape index (κ3) is 19.3. The standard InChI is InChI=1S/C71H92FN13O19/c1-8-71(49-34-54-62-47(38-85(54)66(93)48(49)40-102-67(71)94)60-51(78-63(90)44-36-81(5)37-44)16-15-46-42(4)50(72)35-53(77-62)59(46)60)104-70(97)83(7)25-24-82(6)69(96)103-39-43-11-13-45(14-12-43)76-64(91)52(10-9-21-75-68(73)95)79-65(92)61(41(2)3)80-56(87)20-26-98-28-30-100-32-33-101-31-29-99-27-22-74-55(86)19-23-84-57(88)17-18-58(84)89/h11-14,17-18,34-35,41,44,51-52,61H,8-10,15-16,19-33,36-40H2,1-7H3,(H,74,86)(H,76,91)(H,78,90)(H,79,92)(H,80,87)(H3,73,75,95)/t51-,52+,61+,71-/m1/s1. The number of nitrogens with zero attached hydrogens (tertiary/aromatic N) is 6. The Morgan fingerprint density at radius 1 is 0.788 bits per heavy atom. The Hall–Kier alpha value is -9.96. The number of nitrogens with two attached hydrogens (primary N) is 1. The molecule has 562 valence electrons. The highest BCUT2D eigenvalue weighted by Crippen LogP contribution is 2.47. The van der Waals surface area contributed by atoms with Gasteiger partial charge in [0, 0.05) is 113 Å². The average Bonchev–Trinajstić information content (AvgIpc) is 1.51. The maximum atomic E-state index is 15.6. The van der Waals surface area contributed by atoms with Crippen LogP contribution >= 0.6 is 0 Å². The van der Waals surface area contributed by atoms with Gasteiger partial charge >= 0.3 is 24.2 Å². The number of ether oxygens (including phenoxy) is 7. The predicted octanol–water partition coefficient (Wildman–Crippen LogP) is 2.44. The minimum Gasteiger partial charge on any atom is -0.457 e. The molecular formula is C71H92FN13O19. The van der Waals surface area contributed by atoms with Crippen LogP contribution in [0.5, 0.6) is 0 Å².